The quantitative estimate of drug-likeness (QED) is 0.863. The Balaban J connectivity index is 1.98. The Bertz CT molecular complexity index is 411. The van der Waals surface area contributed by atoms with Crippen molar-refractivity contribution in [2.45, 2.75) is 50.5 Å². The highest BCUT2D eigenvalue weighted by atomic mass is 19.4. The fourth-order valence-corrected chi connectivity index (χ4v) is 2.55. The minimum atomic E-state index is -4.25. The summed E-state index contributed by atoms with van der Waals surface area (Å²) in [5.74, 6) is 0.344. The summed E-state index contributed by atoms with van der Waals surface area (Å²) >= 11 is 0. The lowest BCUT2D eigenvalue weighted by atomic mass is 9.99. The number of aliphatic hydroxyl groups excluding tert-OH is 1. The van der Waals surface area contributed by atoms with Gasteiger partial charge >= 0.3 is 6.18 Å². The Kier molecular flexibility index (Phi) is 4.15. The van der Waals surface area contributed by atoms with Crippen LogP contribution in [0.5, 0.6) is 0 Å². The predicted molar refractivity (Wildman–Crippen MR) is 63.4 cm³/mol. The van der Waals surface area contributed by atoms with E-state index in [1.54, 1.807) is 0 Å². The van der Waals surface area contributed by atoms with Crippen LogP contribution in [0.2, 0.25) is 0 Å². The number of imidazole rings is 1. The molecule has 4 nitrogen and oxygen atoms in total. The molecule has 0 amide bonds. The van der Waals surface area contributed by atoms with E-state index in [2.05, 4.69) is 10.3 Å². The lowest BCUT2D eigenvalue weighted by Gasteiger charge is -2.28. The molecule has 0 spiro atoms. The van der Waals surface area contributed by atoms with Gasteiger partial charge in [-0.15, -0.1) is 0 Å². The SMILES string of the molecule is OCC1(NCc2nccn2CC(F)(F)F)CCCC1. The number of hydrogen-bond acceptors (Lipinski definition) is 3. The molecule has 1 aromatic rings. The van der Waals surface area contributed by atoms with Crippen molar-refractivity contribution >= 4 is 0 Å². The van der Waals surface area contributed by atoms with Crippen molar-refractivity contribution in [3.05, 3.63) is 18.2 Å². The van der Waals surface area contributed by atoms with Crippen LogP contribution in [-0.2, 0) is 13.1 Å². The van der Waals surface area contributed by atoms with E-state index in [0.717, 1.165) is 30.3 Å². The molecule has 0 saturated heterocycles. The van der Waals surface area contributed by atoms with E-state index in [1.165, 1.54) is 12.4 Å². The van der Waals surface area contributed by atoms with Gasteiger partial charge in [-0.05, 0) is 12.8 Å². The number of aromatic nitrogens is 2. The Morgan fingerprint density at radius 3 is 2.63 bits per heavy atom. The fourth-order valence-electron chi connectivity index (χ4n) is 2.55. The van der Waals surface area contributed by atoms with Crippen molar-refractivity contribution in [2.24, 2.45) is 0 Å². The molecular weight excluding hydrogens is 259 g/mol. The smallest absolute Gasteiger partial charge is 0.394 e. The summed E-state index contributed by atoms with van der Waals surface area (Å²) in [6, 6.07) is 0. The Hall–Kier alpha value is -1.08. The van der Waals surface area contributed by atoms with Crippen molar-refractivity contribution in [1.29, 1.82) is 0 Å². The first-order chi connectivity index (χ1) is 8.94. The van der Waals surface area contributed by atoms with Gasteiger partial charge in [0.15, 0.2) is 0 Å². The lowest BCUT2D eigenvalue weighted by Crippen LogP contribution is -2.46. The third-order valence-corrected chi connectivity index (χ3v) is 3.64. The second-order valence-electron chi connectivity index (χ2n) is 5.09. The van der Waals surface area contributed by atoms with Gasteiger partial charge in [0.1, 0.15) is 12.4 Å². The zero-order valence-corrected chi connectivity index (χ0v) is 10.6. The average molecular weight is 277 g/mol. The van der Waals surface area contributed by atoms with Gasteiger partial charge in [-0.1, -0.05) is 12.8 Å². The lowest BCUT2D eigenvalue weighted by molar-refractivity contribution is -0.141. The maximum absolute atomic E-state index is 12.4. The topological polar surface area (TPSA) is 50.1 Å². The van der Waals surface area contributed by atoms with E-state index < -0.39 is 12.7 Å². The zero-order valence-electron chi connectivity index (χ0n) is 10.6. The van der Waals surface area contributed by atoms with E-state index in [0.29, 0.717) is 5.82 Å². The van der Waals surface area contributed by atoms with Gasteiger partial charge in [-0.3, -0.25) is 0 Å². The van der Waals surface area contributed by atoms with Crippen LogP contribution in [0.4, 0.5) is 13.2 Å². The third kappa shape index (κ3) is 3.70. The van der Waals surface area contributed by atoms with Gasteiger partial charge in [0.2, 0.25) is 0 Å². The largest absolute Gasteiger partial charge is 0.406 e. The number of rotatable bonds is 5. The number of aliphatic hydroxyl groups is 1. The molecule has 108 valence electrons. The minimum absolute atomic E-state index is 0.00692. The van der Waals surface area contributed by atoms with Gasteiger partial charge in [-0.2, -0.15) is 13.2 Å². The molecule has 19 heavy (non-hydrogen) atoms. The molecule has 0 aliphatic heterocycles. The van der Waals surface area contributed by atoms with Crippen LogP contribution in [-0.4, -0.2) is 33.0 Å². The zero-order chi connectivity index (χ0) is 13.9. The van der Waals surface area contributed by atoms with Crippen molar-refractivity contribution in [2.75, 3.05) is 6.61 Å². The van der Waals surface area contributed by atoms with E-state index in [-0.39, 0.29) is 18.7 Å². The van der Waals surface area contributed by atoms with Gasteiger partial charge in [-0.25, -0.2) is 4.98 Å². The molecule has 2 N–H and O–H groups in total. The highest BCUT2D eigenvalue weighted by molar-refractivity contribution is 4.98. The Labute approximate surface area is 109 Å². The standard InChI is InChI=1S/C12H18F3N3O/c13-12(14,15)8-18-6-5-16-10(18)7-17-11(9-19)3-1-2-4-11/h5-6,17,19H,1-4,7-9H2. The van der Waals surface area contributed by atoms with Crippen LogP contribution in [0.1, 0.15) is 31.5 Å². The molecule has 1 aliphatic rings. The summed E-state index contributed by atoms with van der Waals surface area (Å²) in [5, 5.41) is 12.6. The third-order valence-electron chi connectivity index (χ3n) is 3.64. The van der Waals surface area contributed by atoms with Crippen LogP contribution < -0.4 is 5.32 Å². The first-order valence-electron chi connectivity index (χ1n) is 6.37. The molecule has 0 aromatic carbocycles. The normalized spacial score (nSPS) is 18.9. The molecule has 1 fully saturated rings. The highest BCUT2D eigenvalue weighted by Gasteiger charge is 2.33. The van der Waals surface area contributed by atoms with Crippen molar-refractivity contribution in [3.63, 3.8) is 0 Å². The number of hydrogen-bond donors (Lipinski definition) is 2. The molecule has 7 heteroatoms. The maximum Gasteiger partial charge on any atom is 0.406 e. The van der Waals surface area contributed by atoms with Gasteiger partial charge in [0.25, 0.3) is 0 Å². The van der Waals surface area contributed by atoms with Crippen LogP contribution in [0, 0.1) is 0 Å². The van der Waals surface area contributed by atoms with Crippen molar-refractivity contribution < 1.29 is 18.3 Å². The first-order valence-corrected chi connectivity index (χ1v) is 6.37. The number of alkyl halides is 3. The maximum atomic E-state index is 12.4. The minimum Gasteiger partial charge on any atom is -0.394 e. The van der Waals surface area contributed by atoms with E-state index in [4.69, 9.17) is 0 Å². The van der Waals surface area contributed by atoms with Gasteiger partial charge in [0.05, 0.1) is 13.2 Å². The second kappa shape index (κ2) is 5.50. The van der Waals surface area contributed by atoms with Gasteiger partial charge < -0.3 is 15.0 Å². The molecule has 1 heterocycles. The molecule has 0 atom stereocenters. The number of nitrogens with one attached hydrogen (secondary N) is 1. The predicted octanol–water partition coefficient (Wildman–Crippen LogP) is 1.84. The van der Waals surface area contributed by atoms with Crippen LogP contribution >= 0.6 is 0 Å². The highest BCUT2D eigenvalue weighted by Crippen LogP contribution is 2.29. The molecule has 1 aromatic heterocycles. The Morgan fingerprint density at radius 2 is 2.05 bits per heavy atom. The van der Waals surface area contributed by atoms with Crippen molar-refractivity contribution in [3.8, 4) is 0 Å². The first kappa shape index (κ1) is 14.3. The fraction of sp³-hybridized carbons (Fsp3) is 0.750. The van der Waals surface area contributed by atoms with Gasteiger partial charge in [0, 0.05) is 17.9 Å². The molecular formula is C12H18F3N3O. The van der Waals surface area contributed by atoms with E-state index >= 15 is 0 Å². The molecule has 2 rings (SSSR count). The summed E-state index contributed by atoms with van der Waals surface area (Å²) in [4.78, 5) is 3.95. The monoisotopic (exact) mass is 277 g/mol. The molecule has 0 unspecified atom stereocenters. The van der Waals surface area contributed by atoms with Crippen molar-refractivity contribution in [1.82, 2.24) is 14.9 Å². The summed E-state index contributed by atoms with van der Waals surface area (Å²) in [5.41, 5.74) is -0.352. The molecule has 1 saturated carbocycles. The van der Waals surface area contributed by atoms with Crippen LogP contribution in [0.15, 0.2) is 12.4 Å². The van der Waals surface area contributed by atoms with E-state index in [9.17, 15) is 18.3 Å². The molecule has 0 radical (unpaired) electrons. The summed E-state index contributed by atoms with van der Waals surface area (Å²) in [7, 11) is 0. The number of halogens is 3. The second-order valence-corrected chi connectivity index (χ2v) is 5.09. The summed E-state index contributed by atoms with van der Waals surface area (Å²) in [6.45, 7) is -0.785. The van der Waals surface area contributed by atoms with Crippen LogP contribution in [0.25, 0.3) is 0 Å². The average Bonchev–Trinajstić information content (AvgIpc) is 2.94. The summed E-state index contributed by atoms with van der Waals surface area (Å²) < 4.78 is 38.2. The van der Waals surface area contributed by atoms with Crippen LogP contribution in [0.3, 0.4) is 0 Å². The number of nitrogens with zero attached hydrogens (tertiary/aromatic N) is 2. The molecule has 1 aliphatic carbocycles. The molecule has 0 bridgehead atoms. The Morgan fingerprint density at radius 1 is 1.37 bits per heavy atom. The van der Waals surface area contributed by atoms with E-state index in [1.807, 2.05) is 0 Å². The summed E-state index contributed by atoms with van der Waals surface area (Å²) in [6.07, 6.45) is 2.20.